The molecule has 0 aromatic rings. The second-order valence-electron chi connectivity index (χ2n) is 2.87. The van der Waals surface area contributed by atoms with Crippen molar-refractivity contribution in [2.75, 3.05) is 37.9 Å². The van der Waals surface area contributed by atoms with E-state index in [0.29, 0.717) is 24.6 Å². The van der Waals surface area contributed by atoms with Crippen molar-refractivity contribution in [1.29, 1.82) is 0 Å². The first-order valence-electron chi connectivity index (χ1n) is 4.03. The fraction of sp³-hybridized carbons (Fsp3) is 1.00. The van der Waals surface area contributed by atoms with Gasteiger partial charge in [0, 0.05) is 13.1 Å². The second kappa shape index (κ2) is 5.01. The molecule has 0 bridgehead atoms. The van der Waals surface area contributed by atoms with Crippen LogP contribution in [0.15, 0.2) is 0 Å². The Bertz CT molecular complexity index is 127. The van der Waals surface area contributed by atoms with Crippen molar-refractivity contribution in [3.05, 3.63) is 0 Å². The van der Waals surface area contributed by atoms with Gasteiger partial charge in [-0.3, -0.25) is 4.90 Å². The quantitative estimate of drug-likeness (QED) is 0.611. The third kappa shape index (κ3) is 2.58. The van der Waals surface area contributed by atoms with E-state index in [1.807, 2.05) is 4.90 Å². The number of hydrogen-bond acceptors (Lipinski definition) is 3. The molecule has 5 heteroatoms. The van der Waals surface area contributed by atoms with E-state index < -0.39 is 17.9 Å². The molecule has 1 rings (SSSR count). The highest BCUT2D eigenvalue weighted by Crippen LogP contribution is 2.08. The summed E-state index contributed by atoms with van der Waals surface area (Å²) in [5, 5.41) is 8.79. The number of alkyl halides is 1. The molecule has 0 radical (unpaired) electrons. The van der Waals surface area contributed by atoms with Crippen LogP contribution in [0, 0.1) is 0 Å². The largest absolute Gasteiger partial charge is 0.616 e. The van der Waals surface area contributed by atoms with Crippen molar-refractivity contribution in [1.82, 2.24) is 4.90 Å². The molecule has 72 valence electrons. The molecule has 3 nitrogen and oxygen atoms in total. The fourth-order valence-electron chi connectivity index (χ4n) is 1.28. The van der Waals surface area contributed by atoms with Crippen molar-refractivity contribution in [3.8, 4) is 0 Å². The highest BCUT2D eigenvalue weighted by molar-refractivity contribution is 7.91. The molecule has 1 heterocycles. The Hall–Kier alpha value is 0.160. The fourth-order valence-corrected chi connectivity index (χ4v) is 2.36. The molecular formula is C7H14FNO2S. The number of halogens is 1. The molecule has 12 heavy (non-hydrogen) atoms. The highest BCUT2D eigenvalue weighted by atomic mass is 32.2. The van der Waals surface area contributed by atoms with Gasteiger partial charge in [-0.25, -0.2) is 4.39 Å². The third-order valence-electron chi connectivity index (χ3n) is 2.12. The zero-order valence-corrected chi connectivity index (χ0v) is 7.73. The van der Waals surface area contributed by atoms with Gasteiger partial charge in [0.05, 0.1) is 12.6 Å². The van der Waals surface area contributed by atoms with Gasteiger partial charge in [0.2, 0.25) is 0 Å². The zero-order chi connectivity index (χ0) is 8.97. The van der Waals surface area contributed by atoms with Crippen molar-refractivity contribution in [2.24, 2.45) is 0 Å². The maximum Gasteiger partial charge on any atom is 0.118 e. The molecule has 1 aliphatic rings. The Labute approximate surface area is 74.7 Å². The van der Waals surface area contributed by atoms with Crippen LogP contribution in [0.2, 0.25) is 0 Å². The number of nitrogens with zero attached hydrogens (tertiary/aromatic N) is 1. The molecule has 1 fully saturated rings. The van der Waals surface area contributed by atoms with Crippen LogP contribution < -0.4 is 0 Å². The number of rotatable bonds is 3. The van der Waals surface area contributed by atoms with Gasteiger partial charge < -0.3 is 9.66 Å². The molecule has 0 spiro atoms. The second-order valence-corrected chi connectivity index (χ2v) is 4.57. The van der Waals surface area contributed by atoms with E-state index in [-0.39, 0.29) is 12.6 Å². The van der Waals surface area contributed by atoms with Crippen LogP contribution in [0.5, 0.6) is 0 Å². The monoisotopic (exact) mass is 195 g/mol. The van der Waals surface area contributed by atoms with Gasteiger partial charge in [-0.05, 0) is 0 Å². The molecule has 0 amide bonds. The average molecular weight is 195 g/mol. The van der Waals surface area contributed by atoms with Crippen molar-refractivity contribution in [2.45, 2.75) is 6.04 Å². The van der Waals surface area contributed by atoms with Gasteiger partial charge in [-0.2, -0.15) is 0 Å². The van der Waals surface area contributed by atoms with E-state index in [4.69, 9.17) is 5.11 Å². The highest BCUT2D eigenvalue weighted by Gasteiger charge is 2.25. The Morgan fingerprint density at radius 3 is 2.50 bits per heavy atom. The molecule has 0 aliphatic carbocycles. The predicted octanol–water partition coefficient (Wildman–Crippen LogP) is -0.619. The first-order chi connectivity index (χ1) is 5.77. The standard InChI is InChI=1S/C7H14FNO2S/c8-5-7(6-10)9-1-3-12(11)4-2-9/h7,10H,1-6H2. The minimum absolute atomic E-state index is 0.150. The van der Waals surface area contributed by atoms with Gasteiger partial charge in [0.15, 0.2) is 0 Å². The molecule has 0 aromatic carbocycles. The van der Waals surface area contributed by atoms with Gasteiger partial charge >= 0.3 is 0 Å². The summed E-state index contributed by atoms with van der Waals surface area (Å²) in [6.07, 6.45) is 0. The minimum Gasteiger partial charge on any atom is -0.616 e. The van der Waals surface area contributed by atoms with Crippen LogP contribution in [-0.4, -0.2) is 58.5 Å². The number of aliphatic hydroxyl groups excluding tert-OH is 1. The van der Waals surface area contributed by atoms with E-state index in [1.165, 1.54) is 0 Å². The Morgan fingerprint density at radius 2 is 2.08 bits per heavy atom. The van der Waals surface area contributed by atoms with Crippen LogP contribution in [0.25, 0.3) is 0 Å². The summed E-state index contributed by atoms with van der Waals surface area (Å²) in [5.41, 5.74) is 0. The third-order valence-corrected chi connectivity index (χ3v) is 3.39. The van der Waals surface area contributed by atoms with E-state index in [0.717, 1.165) is 0 Å². The van der Waals surface area contributed by atoms with Crippen molar-refractivity contribution < 1.29 is 14.0 Å². The maximum absolute atomic E-state index is 12.3. The smallest absolute Gasteiger partial charge is 0.118 e. The average Bonchev–Trinajstić information content (AvgIpc) is 2.10. The van der Waals surface area contributed by atoms with Crippen LogP contribution in [-0.2, 0) is 11.2 Å². The molecule has 1 aliphatic heterocycles. The SMILES string of the molecule is [O-][S+]1CCN(C(CO)CF)CC1. The summed E-state index contributed by atoms with van der Waals surface area (Å²) in [4.78, 5) is 1.86. The normalized spacial score (nSPS) is 24.2. The molecule has 0 aromatic heterocycles. The predicted molar refractivity (Wildman–Crippen MR) is 46.3 cm³/mol. The summed E-state index contributed by atoms with van der Waals surface area (Å²) in [7, 11) is 0. The summed E-state index contributed by atoms with van der Waals surface area (Å²) >= 11 is -0.727. The van der Waals surface area contributed by atoms with Crippen LogP contribution in [0.4, 0.5) is 4.39 Å². The first-order valence-corrected chi connectivity index (χ1v) is 5.52. The lowest BCUT2D eigenvalue weighted by Crippen LogP contribution is -2.48. The lowest BCUT2D eigenvalue weighted by atomic mass is 10.3. The van der Waals surface area contributed by atoms with Crippen molar-refractivity contribution >= 4 is 11.2 Å². The maximum atomic E-state index is 12.3. The summed E-state index contributed by atoms with van der Waals surface area (Å²) in [6, 6.07) is -0.387. The van der Waals surface area contributed by atoms with Crippen molar-refractivity contribution in [3.63, 3.8) is 0 Å². The Kier molecular flexibility index (Phi) is 4.28. The zero-order valence-electron chi connectivity index (χ0n) is 6.91. The lowest BCUT2D eigenvalue weighted by molar-refractivity contribution is 0.109. The molecule has 1 N–H and O–H groups in total. The minimum atomic E-state index is -0.727. The van der Waals surface area contributed by atoms with Gasteiger partial charge in [0.25, 0.3) is 0 Å². The van der Waals surface area contributed by atoms with Gasteiger partial charge in [0.1, 0.15) is 18.2 Å². The van der Waals surface area contributed by atoms with E-state index in [9.17, 15) is 8.94 Å². The molecular weight excluding hydrogens is 181 g/mol. The van der Waals surface area contributed by atoms with Gasteiger partial charge in [-0.1, -0.05) is 11.2 Å². The Balaban J connectivity index is 2.32. The summed E-state index contributed by atoms with van der Waals surface area (Å²) in [6.45, 7) is 0.607. The van der Waals surface area contributed by atoms with Crippen LogP contribution in [0.1, 0.15) is 0 Å². The number of hydrogen-bond donors (Lipinski definition) is 1. The van der Waals surface area contributed by atoms with E-state index in [1.54, 1.807) is 0 Å². The molecule has 0 saturated carbocycles. The molecule has 1 saturated heterocycles. The van der Waals surface area contributed by atoms with Crippen LogP contribution >= 0.6 is 0 Å². The lowest BCUT2D eigenvalue weighted by Gasteiger charge is -2.32. The molecule has 1 atom stereocenters. The van der Waals surface area contributed by atoms with E-state index >= 15 is 0 Å². The topological polar surface area (TPSA) is 46.5 Å². The van der Waals surface area contributed by atoms with Crippen LogP contribution in [0.3, 0.4) is 0 Å². The van der Waals surface area contributed by atoms with E-state index in [2.05, 4.69) is 0 Å². The summed E-state index contributed by atoms with van der Waals surface area (Å²) in [5.74, 6) is 1.22. The number of aliphatic hydroxyl groups is 1. The molecule has 1 unspecified atom stereocenters. The van der Waals surface area contributed by atoms with Gasteiger partial charge in [-0.15, -0.1) is 0 Å². The Morgan fingerprint density at radius 1 is 1.50 bits per heavy atom. The first kappa shape index (κ1) is 10.2. The summed E-state index contributed by atoms with van der Waals surface area (Å²) < 4.78 is 23.2.